The number of pyridine rings is 1. The highest BCUT2D eigenvalue weighted by molar-refractivity contribution is 6.03. The molecule has 29 heavy (non-hydrogen) atoms. The molecule has 0 unspecified atom stereocenters. The summed E-state index contributed by atoms with van der Waals surface area (Å²) in [6.07, 6.45) is 5.01. The highest BCUT2D eigenvalue weighted by Gasteiger charge is 2.11. The molecule has 3 heteroatoms. The Hall–Kier alpha value is -3.33. The lowest BCUT2D eigenvalue weighted by atomic mass is 9.96. The minimum atomic E-state index is -0.192. The van der Waals surface area contributed by atoms with E-state index < -0.39 is 0 Å². The summed E-state index contributed by atoms with van der Waals surface area (Å²) in [7, 11) is 0. The van der Waals surface area contributed by atoms with Crippen molar-refractivity contribution in [3.63, 3.8) is 0 Å². The standard InChI is InChI=1S/C26H22FNO/c1-18-7-9-19(10-8-18)4-2-5-20-11-12-21(16-25(20)27)23-14-13-22(17-29)26-24(23)6-3-15-28-26/h3,6-17H,2,4-5H2,1H3. The molecule has 1 heterocycles. The Bertz CT molecular complexity index is 1170. The molecule has 144 valence electrons. The number of rotatable bonds is 6. The molecule has 0 fully saturated rings. The van der Waals surface area contributed by atoms with Crippen LogP contribution in [0.15, 0.2) is 72.9 Å². The summed E-state index contributed by atoms with van der Waals surface area (Å²) < 4.78 is 14.8. The number of nitrogens with zero attached hydrogens (tertiary/aromatic N) is 1. The minimum Gasteiger partial charge on any atom is -0.298 e. The lowest BCUT2D eigenvalue weighted by Crippen LogP contribution is -1.95. The lowest BCUT2D eigenvalue weighted by molar-refractivity contribution is 0.112. The van der Waals surface area contributed by atoms with Gasteiger partial charge in [-0.2, -0.15) is 0 Å². The molecule has 0 aliphatic carbocycles. The normalized spacial score (nSPS) is 11.0. The molecule has 0 saturated carbocycles. The van der Waals surface area contributed by atoms with E-state index in [1.807, 2.05) is 30.3 Å². The molecular weight excluding hydrogens is 361 g/mol. The molecule has 0 aliphatic heterocycles. The number of carbonyl (C=O) groups excluding carboxylic acids is 1. The van der Waals surface area contributed by atoms with Gasteiger partial charge in [0, 0.05) is 17.1 Å². The van der Waals surface area contributed by atoms with E-state index in [1.165, 1.54) is 11.1 Å². The molecule has 4 aromatic rings. The first-order valence-corrected chi connectivity index (χ1v) is 9.83. The number of halogens is 1. The first-order chi connectivity index (χ1) is 14.2. The maximum Gasteiger partial charge on any atom is 0.152 e. The van der Waals surface area contributed by atoms with E-state index in [0.717, 1.165) is 41.2 Å². The molecule has 0 saturated heterocycles. The van der Waals surface area contributed by atoms with Gasteiger partial charge in [0.2, 0.25) is 0 Å². The van der Waals surface area contributed by atoms with Gasteiger partial charge in [-0.05, 0) is 66.6 Å². The fraction of sp³-hybridized carbons (Fsp3) is 0.154. The monoisotopic (exact) mass is 383 g/mol. The summed E-state index contributed by atoms with van der Waals surface area (Å²) in [5.74, 6) is -0.192. The largest absolute Gasteiger partial charge is 0.298 e. The van der Waals surface area contributed by atoms with Crippen LogP contribution in [-0.4, -0.2) is 11.3 Å². The highest BCUT2D eigenvalue weighted by atomic mass is 19.1. The maximum absolute atomic E-state index is 14.8. The van der Waals surface area contributed by atoms with E-state index in [0.29, 0.717) is 17.5 Å². The first-order valence-electron chi connectivity index (χ1n) is 9.83. The van der Waals surface area contributed by atoms with Crippen LogP contribution in [-0.2, 0) is 12.8 Å². The second-order valence-corrected chi connectivity index (χ2v) is 7.37. The Labute approximate surface area is 170 Å². The number of hydrogen-bond donors (Lipinski definition) is 0. The van der Waals surface area contributed by atoms with Crippen LogP contribution in [0.1, 0.15) is 33.5 Å². The van der Waals surface area contributed by atoms with E-state index in [2.05, 4.69) is 36.2 Å². The molecule has 1 aromatic heterocycles. The van der Waals surface area contributed by atoms with Crippen molar-refractivity contribution < 1.29 is 9.18 Å². The number of aryl methyl sites for hydroxylation is 3. The van der Waals surface area contributed by atoms with Crippen molar-refractivity contribution in [2.24, 2.45) is 0 Å². The zero-order valence-corrected chi connectivity index (χ0v) is 16.4. The second kappa shape index (κ2) is 8.36. The van der Waals surface area contributed by atoms with E-state index in [1.54, 1.807) is 18.3 Å². The molecular formula is C26H22FNO. The van der Waals surface area contributed by atoms with Gasteiger partial charge in [-0.1, -0.05) is 54.1 Å². The van der Waals surface area contributed by atoms with Crippen molar-refractivity contribution >= 4 is 17.2 Å². The van der Waals surface area contributed by atoms with E-state index in [4.69, 9.17) is 0 Å². The van der Waals surface area contributed by atoms with Gasteiger partial charge in [0.15, 0.2) is 6.29 Å². The van der Waals surface area contributed by atoms with Gasteiger partial charge in [-0.3, -0.25) is 9.78 Å². The quantitative estimate of drug-likeness (QED) is 0.364. The third-order valence-corrected chi connectivity index (χ3v) is 5.32. The van der Waals surface area contributed by atoms with Crippen LogP contribution < -0.4 is 0 Å². The Balaban J connectivity index is 1.55. The van der Waals surface area contributed by atoms with Crippen LogP contribution in [0.2, 0.25) is 0 Å². The molecule has 0 atom stereocenters. The number of benzene rings is 3. The van der Waals surface area contributed by atoms with Crippen LogP contribution in [0.3, 0.4) is 0 Å². The van der Waals surface area contributed by atoms with Gasteiger partial charge >= 0.3 is 0 Å². The highest BCUT2D eigenvalue weighted by Crippen LogP contribution is 2.30. The van der Waals surface area contributed by atoms with Gasteiger partial charge in [-0.25, -0.2) is 4.39 Å². The van der Waals surface area contributed by atoms with Crippen molar-refractivity contribution in [1.29, 1.82) is 0 Å². The lowest BCUT2D eigenvalue weighted by Gasteiger charge is -2.10. The summed E-state index contributed by atoms with van der Waals surface area (Å²) in [6.45, 7) is 2.08. The molecule has 0 spiro atoms. The van der Waals surface area contributed by atoms with E-state index in [9.17, 15) is 9.18 Å². The summed E-state index contributed by atoms with van der Waals surface area (Å²) in [5.41, 5.74) is 6.11. The SMILES string of the molecule is Cc1ccc(CCCc2ccc(-c3ccc(C=O)c4ncccc34)cc2F)cc1. The summed E-state index contributed by atoms with van der Waals surface area (Å²) >= 11 is 0. The number of aromatic nitrogens is 1. The molecule has 0 N–H and O–H groups in total. The molecule has 0 bridgehead atoms. The van der Waals surface area contributed by atoms with Crippen molar-refractivity contribution in [3.8, 4) is 11.1 Å². The molecule has 3 aromatic carbocycles. The third kappa shape index (κ3) is 4.09. The van der Waals surface area contributed by atoms with Crippen molar-refractivity contribution in [3.05, 3.63) is 101 Å². The van der Waals surface area contributed by atoms with Gasteiger partial charge in [0.05, 0.1) is 5.52 Å². The van der Waals surface area contributed by atoms with Gasteiger partial charge in [-0.15, -0.1) is 0 Å². The number of aldehydes is 1. The van der Waals surface area contributed by atoms with Crippen molar-refractivity contribution in [2.75, 3.05) is 0 Å². The average Bonchev–Trinajstić information content (AvgIpc) is 2.75. The fourth-order valence-corrected chi connectivity index (χ4v) is 3.70. The predicted octanol–water partition coefficient (Wildman–Crippen LogP) is 6.34. The van der Waals surface area contributed by atoms with Gasteiger partial charge < -0.3 is 0 Å². The maximum atomic E-state index is 14.8. The average molecular weight is 383 g/mol. The molecule has 0 radical (unpaired) electrons. The summed E-state index contributed by atoms with van der Waals surface area (Å²) in [5, 5.41) is 0.851. The Morgan fingerprint density at radius 1 is 0.966 bits per heavy atom. The zero-order chi connectivity index (χ0) is 20.2. The molecule has 2 nitrogen and oxygen atoms in total. The third-order valence-electron chi connectivity index (χ3n) is 5.32. The molecule has 0 amide bonds. The minimum absolute atomic E-state index is 0.192. The smallest absolute Gasteiger partial charge is 0.152 e. The number of hydrogen-bond acceptors (Lipinski definition) is 2. The van der Waals surface area contributed by atoms with Crippen LogP contribution in [0.5, 0.6) is 0 Å². The fourth-order valence-electron chi connectivity index (χ4n) is 3.70. The Morgan fingerprint density at radius 3 is 2.55 bits per heavy atom. The van der Waals surface area contributed by atoms with Crippen LogP contribution in [0.25, 0.3) is 22.0 Å². The van der Waals surface area contributed by atoms with Crippen LogP contribution in [0, 0.1) is 12.7 Å². The molecule has 0 aliphatic rings. The van der Waals surface area contributed by atoms with Gasteiger partial charge in [0.1, 0.15) is 5.82 Å². The van der Waals surface area contributed by atoms with E-state index in [-0.39, 0.29) is 5.82 Å². The second-order valence-electron chi connectivity index (χ2n) is 7.37. The number of carbonyl (C=O) groups is 1. The first kappa shape index (κ1) is 19.0. The Morgan fingerprint density at radius 2 is 1.79 bits per heavy atom. The van der Waals surface area contributed by atoms with Crippen LogP contribution >= 0.6 is 0 Å². The van der Waals surface area contributed by atoms with Crippen LogP contribution in [0.4, 0.5) is 4.39 Å². The van der Waals surface area contributed by atoms with Crippen molar-refractivity contribution in [1.82, 2.24) is 4.98 Å². The number of fused-ring (bicyclic) bond motifs is 1. The topological polar surface area (TPSA) is 30.0 Å². The Kier molecular flexibility index (Phi) is 5.48. The van der Waals surface area contributed by atoms with Gasteiger partial charge in [0.25, 0.3) is 0 Å². The molecule has 4 rings (SSSR count). The zero-order valence-electron chi connectivity index (χ0n) is 16.4. The predicted molar refractivity (Wildman–Crippen MR) is 116 cm³/mol. The summed E-state index contributed by atoms with van der Waals surface area (Å²) in [4.78, 5) is 15.6. The van der Waals surface area contributed by atoms with Crippen molar-refractivity contribution in [2.45, 2.75) is 26.2 Å². The summed E-state index contributed by atoms with van der Waals surface area (Å²) in [6, 6.07) is 21.2. The van der Waals surface area contributed by atoms with E-state index >= 15 is 0 Å².